The van der Waals surface area contributed by atoms with Crippen LogP contribution in [0.3, 0.4) is 0 Å². The second-order valence-electron chi connectivity index (χ2n) is 4.24. The lowest BCUT2D eigenvalue weighted by atomic mass is 10.2. The lowest BCUT2D eigenvalue weighted by Crippen LogP contribution is -1.89. The third-order valence-corrected chi connectivity index (χ3v) is 3.59. The number of rotatable bonds is 2. The summed E-state index contributed by atoms with van der Waals surface area (Å²) in [6, 6.07) is 11.5. The molecule has 0 fully saturated rings. The zero-order chi connectivity index (χ0) is 14.1. The van der Waals surface area contributed by atoms with Gasteiger partial charge in [-0.15, -0.1) is 0 Å². The molecule has 0 aliphatic rings. The van der Waals surface area contributed by atoms with Crippen LogP contribution in [-0.2, 0) is 7.05 Å². The Bertz CT molecular complexity index is 813. The first-order chi connectivity index (χ1) is 9.69. The third-order valence-electron chi connectivity index (χ3n) is 2.89. The van der Waals surface area contributed by atoms with Crippen molar-refractivity contribution in [2.45, 2.75) is 0 Å². The van der Waals surface area contributed by atoms with Gasteiger partial charge in [0, 0.05) is 23.3 Å². The van der Waals surface area contributed by atoms with E-state index in [2.05, 4.69) is 32.1 Å². The van der Waals surface area contributed by atoms with E-state index >= 15 is 0 Å². The first-order valence-corrected chi connectivity index (χ1v) is 6.64. The molecule has 0 radical (unpaired) electrons. The van der Waals surface area contributed by atoms with Crippen molar-refractivity contribution < 1.29 is 4.52 Å². The summed E-state index contributed by atoms with van der Waals surface area (Å²) < 4.78 is 7.97. The van der Waals surface area contributed by atoms with E-state index in [-0.39, 0.29) is 0 Å². The maximum atomic E-state index is 8.91. The molecule has 0 amide bonds. The average molecular weight is 329 g/mol. The normalized spacial score (nSPS) is 10.4. The largest absolute Gasteiger partial charge is 0.345 e. The van der Waals surface area contributed by atoms with E-state index in [4.69, 9.17) is 9.78 Å². The number of benzene rings is 1. The number of hydrogen-bond acceptors (Lipinski definition) is 4. The van der Waals surface area contributed by atoms with Crippen LogP contribution >= 0.6 is 15.9 Å². The van der Waals surface area contributed by atoms with Crippen LogP contribution < -0.4 is 0 Å². The lowest BCUT2D eigenvalue weighted by Gasteiger charge is -1.97. The molecule has 0 spiro atoms. The number of nitrogens with zero attached hydrogens (tertiary/aromatic N) is 4. The first-order valence-electron chi connectivity index (χ1n) is 5.84. The van der Waals surface area contributed by atoms with Crippen LogP contribution in [0.2, 0.25) is 0 Å². The van der Waals surface area contributed by atoms with E-state index in [1.807, 2.05) is 31.3 Å². The minimum Gasteiger partial charge on any atom is -0.345 e. The van der Waals surface area contributed by atoms with E-state index in [1.165, 1.54) is 0 Å². The molecule has 3 rings (SSSR count). The fraction of sp³-hybridized carbons (Fsp3) is 0.0714. The topological polar surface area (TPSA) is 67.6 Å². The van der Waals surface area contributed by atoms with Gasteiger partial charge in [-0.2, -0.15) is 10.2 Å². The number of hydrogen-bond donors (Lipinski definition) is 0. The van der Waals surface area contributed by atoms with Crippen LogP contribution in [0.1, 0.15) is 5.56 Å². The van der Waals surface area contributed by atoms with E-state index in [0.717, 1.165) is 10.0 Å². The molecule has 0 bridgehead atoms. The summed E-state index contributed by atoms with van der Waals surface area (Å²) in [5.74, 6) is 0.895. The Balaban J connectivity index is 2.05. The van der Waals surface area contributed by atoms with Gasteiger partial charge in [-0.3, -0.25) is 0 Å². The molecule has 0 saturated heterocycles. The lowest BCUT2D eigenvalue weighted by molar-refractivity contribution is 0.429. The molecule has 6 heteroatoms. The van der Waals surface area contributed by atoms with Crippen LogP contribution in [0.15, 0.2) is 45.5 Å². The van der Waals surface area contributed by atoms with Crippen LogP contribution in [0, 0.1) is 11.3 Å². The highest BCUT2D eigenvalue weighted by molar-refractivity contribution is 9.10. The van der Waals surface area contributed by atoms with Crippen molar-refractivity contribution in [3.8, 4) is 29.0 Å². The van der Waals surface area contributed by atoms with Crippen molar-refractivity contribution in [2.24, 2.45) is 7.05 Å². The Morgan fingerprint density at radius 2 is 2.15 bits per heavy atom. The molecule has 0 N–H and O–H groups in total. The van der Waals surface area contributed by atoms with E-state index < -0.39 is 0 Å². The number of aryl methyl sites for hydroxylation is 1. The van der Waals surface area contributed by atoms with Gasteiger partial charge in [0.05, 0.1) is 5.56 Å². The van der Waals surface area contributed by atoms with Gasteiger partial charge in [0.2, 0.25) is 5.82 Å². The maximum Gasteiger partial charge on any atom is 0.274 e. The van der Waals surface area contributed by atoms with Gasteiger partial charge in [-0.1, -0.05) is 33.2 Å². The van der Waals surface area contributed by atoms with Crippen LogP contribution in [0.5, 0.6) is 0 Å². The van der Waals surface area contributed by atoms with Gasteiger partial charge in [0.25, 0.3) is 5.89 Å². The highest BCUT2D eigenvalue weighted by atomic mass is 79.9. The van der Waals surface area contributed by atoms with Gasteiger partial charge >= 0.3 is 0 Å². The van der Waals surface area contributed by atoms with Crippen LogP contribution in [0.4, 0.5) is 0 Å². The molecule has 2 aromatic heterocycles. The molecule has 20 heavy (non-hydrogen) atoms. The predicted molar refractivity (Wildman–Crippen MR) is 76.6 cm³/mol. The van der Waals surface area contributed by atoms with Gasteiger partial charge < -0.3 is 9.09 Å². The van der Waals surface area contributed by atoms with Crippen molar-refractivity contribution in [3.05, 3.63) is 46.6 Å². The fourth-order valence-corrected chi connectivity index (χ4v) is 2.38. The summed E-state index contributed by atoms with van der Waals surface area (Å²) in [5, 5.41) is 12.9. The molecule has 98 valence electrons. The molecule has 2 heterocycles. The molecule has 5 nitrogen and oxygen atoms in total. The standard InChI is InChI=1S/C14H9BrN4O/c1-19-8-9(7-16)6-12(19)14-17-13(18-20-14)10-4-2-3-5-11(10)15/h2-6,8H,1H3. The molecule has 0 aliphatic carbocycles. The SMILES string of the molecule is Cn1cc(C#N)cc1-c1nc(-c2ccccc2Br)no1. The molecule has 1 aromatic carbocycles. The quantitative estimate of drug-likeness (QED) is 0.723. The molecule has 0 aliphatic heterocycles. The number of aromatic nitrogens is 3. The van der Waals surface area contributed by atoms with Gasteiger partial charge in [-0.05, 0) is 18.2 Å². The second kappa shape index (κ2) is 4.94. The van der Waals surface area contributed by atoms with E-state index in [0.29, 0.717) is 23.0 Å². The van der Waals surface area contributed by atoms with Crippen molar-refractivity contribution in [3.63, 3.8) is 0 Å². The van der Waals surface area contributed by atoms with Crippen LogP contribution in [0.25, 0.3) is 23.0 Å². The number of nitriles is 1. The zero-order valence-corrected chi connectivity index (χ0v) is 12.1. The van der Waals surface area contributed by atoms with Gasteiger partial charge in [0.1, 0.15) is 11.8 Å². The summed E-state index contributed by atoms with van der Waals surface area (Å²) in [7, 11) is 1.83. The van der Waals surface area contributed by atoms with Crippen molar-refractivity contribution in [1.29, 1.82) is 5.26 Å². The monoisotopic (exact) mass is 328 g/mol. The molecular weight excluding hydrogens is 320 g/mol. The Kier molecular flexibility index (Phi) is 3.12. The Labute approximate surface area is 123 Å². The van der Waals surface area contributed by atoms with Gasteiger partial charge in [-0.25, -0.2) is 0 Å². The van der Waals surface area contributed by atoms with Crippen LogP contribution in [-0.4, -0.2) is 14.7 Å². The first kappa shape index (κ1) is 12.6. The average Bonchev–Trinajstić information content (AvgIpc) is 3.05. The molecule has 3 aromatic rings. The van der Waals surface area contributed by atoms with Crippen molar-refractivity contribution in [1.82, 2.24) is 14.7 Å². The Hall–Kier alpha value is -2.39. The minimum absolute atomic E-state index is 0.389. The highest BCUT2D eigenvalue weighted by Crippen LogP contribution is 2.28. The summed E-state index contributed by atoms with van der Waals surface area (Å²) >= 11 is 3.46. The van der Waals surface area contributed by atoms with Crippen molar-refractivity contribution >= 4 is 15.9 Å². The highest BCUT2D eigenvalue weighted by Gasteiger charge is 2.15. The van der Waals surface area contributed by atoms with E-state index in [9.17, 15) is 0 Å². The third kappa shape index (κ3) is 2.12. The summed E-state index contributed by atoms with van der Waals surface area (Å²) in [5.41, 5.74) is 2.13. The minimum atomic E-state index is 0.389. The summed E-state index contributed by atoms with van der Waals surface area (Å²) in [6.45, 7) is 0. The Morgan fingerprint density at radius 3 is 2.85 bits per heavy atom. The summed E-state index contributed by atoms with van der Waals surface area (Å²) in [4.78, 5) is 4.38. The number of halogens is 1. The molecule has 0 saturated carbocycles. The van der Waals surface area contributed by atoms with Crippen molar-refractivity contribution in [2.75, 3.05) is 0 Å². The Morgan fingerprint density at radius 1 is 1.35 bits per heavy atom. The second-order valence-corrected chi connectivity index (χ2v) is 5.09. The van der Waals surface area contributed by atoms with Gasteiger partial charge in [0.15, 0.2) is 0 Å². The van der Waals surface area contributed by atoms with E-state index in [1.54, 1.807) is 16.8 Å². The zero-order valence-electron chi connectivity index (χ0n) is 10.5. The smallest absolute Gasteiger partial charge is 0.274 e. The maximum absolute atomic E-state index is 8.91. The molecule has 0 unspecified atom stereocenters. The summed E-state index contributed by atoms with van der Waals surface area (Å²) in [6.07, 6.45) is 1.72. The fourth-order valence-electron chi connectivity index (χ4n) is 1.92. The molecule has 0 atom stereocenters. The predicted octanol–water partition coefficient (Wildman–Crippen LogP) is 3.38. The molecular formula is C14H9BrN4O.